The zero-order valence-electron chi connectivity index (χ0n) is 13.1. The molecule has 0 aromatic carbocycles. The van der Waals surface area contributed by atoms with Crippen LogP contribution in [0.2, 0.25) is 0 Å². The number of nitrogens with two attached hydrogens (primary N) is 1. The van der Waals surface area contributed by atoms with E-state index in [2.05, 4.69) is 36.0 Å². The van der Waals surface area contributed by atoms with Crippen LogP contribution >= 0.6 is 0 Å². The second kappa shape index (κ2) is 9.28. The number of hydrogen-bond acceptors (Lipinski definition) is 5. The molecule has 0 spiro atoms. The zero-order valence-corrected chi connectivity index (χ0v) is 13.1. The first-order chi connectivity index (χ1) is 9.54. The van der Waals surface area contributed by atoms with Crippen molar-refractivity contribution in [3.05, 3.63) is 0 Å². The molecule has 0 saturated carbocycles. The molecule has 1 fully saturated rings. The molecule has 1 aliphatic heterocycles. The van der Waals surface area contributed by atoms with Crippen LogP contribution in [-0.4, -0.2) is 81.3 Å². The summed E-state index contributed by atoms with van der Waals surface area (Å²) in [7, 11) is 2.15. The predicted octanol–water partition coefficient (Wildman–Crippen LogP) is -0.650. The van der Waals surface area contributed by atoms with Gasteiger partial charge in [0.15, 0.2) is 0 Å². The first kappa shape index (κ1) is 17.4. The standard InChI is InChI=1S/C14H30N4O2/c1-12(2)13(18-7-5-17(3)6-8-18)10-16-14(19)11-20-9-4-15/h12-13H,4-11,15H2,1-3H3,(H,16,19). The van der Waals surface area contributed by atoms with E-state index in [4.69, 9.17) is 10.5 Å². The van der Waals surface area contributed by atoms with Gasteiger partial charge >= 0.3 is 0 Å². The van der Waals surface area contributed by atoms with Gasteiger partial charge in [-0.3, -0.25) is 9.69 Å². The van der Waals surface area contributed by atoms with Crippen molar-refractivity contribution in [1.29, 1.82) is 0 Å². The van der Waals surface area contributed by atoms with Gasteiger partial charge in [-0.15, -0.1) is 0 Å². The Morgan fingerprint density at radius 2 is 1.95 bits per heavy atom. The van der Waals surface area contributed by atoms with Crippen LogP contribution in [0.15, 0.2) is 0 Å². The normalized spacial score (nSPS) is 19.2. The van der Waals surface area contributed by atoms with E-state index in [1.54, 1.807) is 0 Å². The van der Waals surface area contributed by atoms with E-state index in [1.165, 1.54) is 0 Å². The van der Waals surface area contributed by atoms with Crippen LogP contribution < -0.4 is 11.1 Å². The number of carbonyl (C=O) groups excluding carboxylic acids is 1. The lowest BCUT2D eigenvalue weighted by atomic mass is 10.0. The van der Waals surface area contributed by atoms with Gasteiger partial charge in [0.25, 0.3) is 0 Å². The minimum Gasteiger partial charge on any atom is -0.370 e. The second-order valence-corrected chi connectivity index (χ2v) is 5.80. The van der Waals surface area contributed by atoms with E-state index < -0.39 is 0 Å². The average Bonchev–Trinajstić information content (AvgIpc) is 2.41. The molecule has 0 aromatic heterocycles. The zero-order chi connectivity index (χ0) is 15.0. The smallest absolute Gasteiger partial charge is 0.246 e. The third kappa shape index (κ3) is 6.17. The number of rotatable bonds is 8. The molecule has 1 unspecified atom stereocenters. The molecule has 0 radical (unpaired) electrons. The topological polar surface area (TPSA) is 70.8 Å². The van der Waals surface area contributed by atoms with E-state index in [-0.39, 0.29) is 12.5 Å². The Bertz CT molecular complexity index is 278. The highest BCUT2D eigenvalue weighted by atomic mass is 16.5. The van der Waals surface area contributed by atoms with Gasteiger partial charge in [0.1, 0.15) is 6.61 Å². The van der Waals surface area contributed by atoms with E-state index in [9.17, 15) is 4.79 Å². The molecule has 1 heterocycles. The summed E-state index contributed by atoms with van der Waals surface area (Å²) in [6.45, 7) is 10.4. The van der Waals surface area contributed by atoms with Gasteiger partial charge in [-0.05, 0) is 13.0 Å². The van der Waals surface area contributed by atoms with Crippen LogP contribution in [0.5, 0.6) is 0 Å². The Morgan fingerprint density at radius 1 is 1.30 bits per heavy atom. The van der Waals surface area contributed by atoms with Gasteiger partial charge in [-0.25, -0.2) is 0 Å². The van der Waals surface area contributed by atoms with Gasteiger partial charge in [0, 0.05) is 45.3 Å². The third-order valence-electron chi connectivity index (χ3n) is 3.78. The fraction of sp³-hybridized carbons (Fsp3) is 0.929. The van der Waals surface area contributed by atoms with Crippen molar-refractivity contribution < 1.29 is 9.53 Å². The van der Waals surface area contributed by atoms with Crippen LogP contribution in [0.4, 0.5) is 0 Å². The van der Waals surface area contributed by atoms with Crippen LogP contribution in [0.1, 0.15) is 13.8 Å². The van der Waals surface area contributed by atoms with Crippen molar-refractivity contribution >= 4 is 5.91 Å². The fourth-order valence-corrected chi connectivity index (χ4v) is 2.46. The summed E-state index contributed by atoms with van der Waals surface area (Å²) in [4.78, 5) is 16.5. The molecule has 118 valence electrons. The minimum absolute atomic E-state index is 0.0572. The Hall–Kier alpha value is -0.690. The molecule has 1 saturated heterocycles. The molecule has 1 aliphatic rings. The van der Waals surface area contributed by atoms with Crippen molar-refractivity contribution in [3.8, 4) is 0 Å². The van der Waals surface area contributed by atoms with E-state index in [0.717, 1.165) is 26.2 Å². The van der Waals surface area contributed by atoms with Crippen LogP contribution in [0.3, 0.4) is 0 Å². The summed E-state index contributed by atoms with van der Waals surface area (Å²) in [6.07, 6.45) is 0. The highest BCUT2D eigenvalue weighted by Crippen LogP contribution is 2.12. The Morgan fingerprint density at radius 3 is 2.50 bits per heavy atom. The molecule has 6 nitrogen and oxygen atoms in total. The van der Waals surface area contributed by atoms with Crippen LogP contribution in [-0.2, 0) is 9.53 Å². The SMILES string of the molecule is CC(C)C(CNC(=O)COCCN)N1CCN(C)CC1. The molecule has 0 bridgehead atoms. The maximum Gasteiger partial charge on any atom is 0.246 e. The molecular formula is C14H30N4O2. The van der Waals surface area contributed by atoms with Crippen molar-refractivity contribution in [2.45, 2.75) is 19.9 Å². The number of likely N-dealkylation sites (N-methyl/N-ethyl adjacent to an activating group) is 1. The number of hydrogen-bond donors (Lipinski definition) is 2. The van der Waals surface area contributed by atoms with Crippen molar-refractivity contribution in [1.82, 2.24) is 15.1 Å². The maximum atomic E-state index is 11.7. The minimum atomic E-state index is -0.0572. The van der Waals surface area contributed by atoms with Gasteiger partial charge in [-0.2, -0.15) is 0 Å². The number of nitrogens with zero attached hydrogens (tertiary/aromatic N) is 2. The van der Waals surface area contributed by atoms with Gasteiger partial charge in [-0.1, -0.05) is 13.8 Å². The van der Waals surface area contributed by atoms with E-state index in [0.29, 0.717) is 31.7 Å². The largest absolute Gasteiger partial charge is 0.370 e. The Kier molecular flexibility index (Phi) is 8.06. The summed E-state index contributed by atoms with van der Waals surface area (Å²) in [5.74, 6) is 0.460. The summed E-state index contributed by atoms with van der Waals surface area (Å²) < 4.78 is 5.14. The van der Waals surface area contributed by atoms with E-state index >= 15 is 0 Å². The lowest BCUT2D eigenvalue weighted by Gasteiger charge is -2.39. The molecule has 1 atom stereocenters. The first-order valence-electron chi connectivity index (χ1n) is 7.51. The van der Waals surface area contributed by atoms with E-state index in [1.807, 2.05) is 0 Å². The van der Waals surface area contributed by atoms with Crippen molar-refractivity contribution in [3.63, 3.8) is 0 Å². The molecule has 6 heteroatoms. The summed E-state index contributed by atoms with van der Waals surface area (Å²) in [6, 6.07) is 0.391. The van der Waals surface area contributed by atoms with Gasteiger partial charge in [0.05, 0.1) is 6.61 Å². The lowest BCUT2D eigenvalue weighted by Crippen LogP contribution is -2.54. The Labute approximate surface area is 122 Å². The van der Waals surface area contributed by atoms with Gasteiger partial charge in [0.2, 0.25) is 5.91 Å². The summed E-state index contributed by atoms with van der Waals surface area (Å²) in [5.41, 5.74) is 5.32. The average molecular weight is 286 g/mol. The molecule has 0 aliphatic carbocycles. The highest BCUT2D eigenvalue weighted by molar-refractivity contribution is 5.77. The molecule has 3 N–H and O–H groups in total. The molecule has 1 rings (SSSR count). The summed E-state index contributed by atoms with van der Waals surface area (Å²) >= 11 is 0. The number of piperazine rings is 1. The molecule has 20 heavy (non-hydrogen) atoms. The van der Waals surface area contributed by atoms with Crippen LogP contribution in [0.25, 0.3) is 0 Å². The molecule has 0 aromatic rings. The maximum absolute atomic E-state index is 11.7. The predicted molar refractivity (Wildman–Crippen MR) is 80.6 cm³/mol. The second-order valence-electron chi connectivity index (χ2n) is 5.80. The quantitative estimate of drug-likeness (QED) is 0.580. The van der Waals surface area contributed by atoms with Gasteiger partial charge < -0.3 is 20.7 Å². The third-order valence-corrected chi connectivity index (χ3v) is 3.78. The van der Waals surface area contributed by atoms with Crippen molar-refractivity contribution in [2.24, 2.45) is 11.7 Å². The summed E-state index contributed by atoms with van der Waals surface area (Å²) in [5, 5.41) is 2.97. The monoisotopic (exact) mass is 286 g/mol. The number of nitrogens with one attached hydrogen (secondary N) is 1. The molecular weight excluding hydrogens is 256 g/mol. The Balaban J connectivity index is 2.33. The first-order valence-corrected chi connectivity index (χ1v) is 7.51. The molecule has 1 amide bonds. The van der Waals surface area contributed by atoms with Crippen LogP contribution in [0, 0.1) is 5.92 Å². The number of carbonyl (C=O) groups is 1. The lowest BCUT2D eigenvalue weighted by molar-refractivity contribution is -0.126. The fourth-order valence-electron chi connectivity index (χ4n) is 2.46. The highest BCUT2D eigenvalue weighted by Gasteiger charge is 2.25. The van der Waals surface area contributed by atoms with Crippen molar-refractivity contribution in [2.75, 3.05) is 59.5 Å². The number of ether oxygens (including phenoxy) is 1. The number of amides is 1.